The number of anilines is 1. The summed E-state index contributed by atoms with van der Waals surface area (Å²) >= 11 is 5.81. The second kappa shape index (κ2) is 4.59. The number of hydrogen-bond acceptors (Lipinski definition) is 4. The number of nitrogens with zero attached hydrogens (tertiary/aromatic N) is 4. The minimum atomic E-state index is 0.124. The predicted octanol–water partition coefficient (Wildman–Crippen LogP) is 2.60. The molecule has 104 valence electrons. The lowest BCUT2D eigenvalue weighted by molar-refractivity contribution is 0.789. The molecule has 0 amide bonds. The van der Waals surface area contributed by atoms with Gasteiger partial charge in [-0.2, -0.15) is 5.10 Å². The van der Waals surface area contributed by atoms with Gasteiger partial charge in [-0.25, -0.2) is 9.67 Å². The molecule has 0 spiro atoms. The lowest BCUT2D eigenvalue weighted by Crippen LogP contribution is -2.08. The molecule has 1 saturated carbocycles. The Balaban J connectivity index is 2.15. The second-order valence-electron chi connectivity index (χ2n) is 5.34. The summed E-state index contributed by atoms with van der Waals surface area (Å²) in [5, 5.41) is 5.01. The van der Waals surface area contributed by atoms with E-state index in [0.29, 0.717) is 11.0 Å². The van der Waals surface area contributed by atoms with Gasteiger partial charge in [0.15, 0.2) is 0 Å². The first-order valence-electron chi connectivity index (χ1n) is 6.48. The van der Waals surface area contributed by atoms with Crippen molar-refractivity contribution in [3.8, 4) is 5.69 Å². The number of nitrogens with two attached hydrogens (primary N) is 1. The van der Waals surface area contributed by atoms with E-state index in [0.717, 1.165) is 29.8 Å². The molecule has 6 heteroatoms. The van der Waals surface area contributed by atoms with Gasteiger partial charge in [-0.3, -0.25) is 4.99 Å². The molecule has 3 rings (SSSR count). The minimum absolute atomic E-state index is 0.124. The Morgan fingerprint density at radius 3 is 2.75 bits per heavy atom. The molecular weight excluding hydrogens is 274 g/mol. The zero-order chi connectivity index (χ0) is 14.3. The molecule has 1 aliphatic rings. The molecule has 2 aromatic rings. The number of aromatic nitrogens is 3. The second-order valence-corrected chi connectivity index (χ2v) is 5.73. The van der Waals surface area contributed by atoms with Crippen LogP contribution in [0.2, 0.25) is 5.15 Å². The molecule has 2 aromatic heterocycles. The van der Waals surface area contributed by atoms with Crippen molar-refractivity contribution >= 4 is 23.6 Å². The van der Waals surface area contributed by atoms with Crippen molar-refractivity contribution in [2.24, 2.45) is 4.99 Å². The van der Waals surface area contributed by atoms with Gasteiger partial charge in [0, 0.05) is 18.8 Å². The van der Waals surface area contributed by atoms with E-state index in [1.807, 2.05) is 6.07 Å². The van der Waals surface area contributed by atoms with Crippen molar-refractivity contribution in [3.05, 3.63) is 34.7 Å². The van der Waals surface area contributed by atoms with Crippen molar-refractivity contribution in [1.82, 2.24) is 14.8 Å². The number of halogens is 1. The first-order valence-corrected chi connectivity index (χ1v) is 6.86. The summed E-state index contributed by atoms with van der Waals surface area (Å²) in [6.45, 7) is 2.21. The molecule has 0 radical (unpaired) electrons. The van der Waals surface area contributed by atoms with Gasteiger partial charge in [0.05, 0.1) is 11.9 Å². The third-order valence-corrected chi connectivity index (χ3v) is 3.98. The maximum absolute atomic E-state index is 6.31. The van der Waals surface area contributed by atoms with Crippen LogP contribution >= 0.6 is 11.6 Å². The average Bonchev–Trinajstić information content (AvgIpc) is 3.06. The molecule has 0 atom stereocenters. The van der Waals surface area contributed by atoms with Crippen molar-refractivity contribution in [1.29, 1.82) is 0 Å². The van der Waals surface area contributed by atoms with Gasteiger partial charge in [0.2, 0.25) is 0 Å². The molecule has 20 heavy (non-hydrogen) atoms. The van der Waals surface area contributed by atoms with Gasteiger partial charge in [-0.15, -0.1) is 0 Å². The highest BCUT2D eigenvalue weighted by atomic mass is 35.5. The topological polar surface area (TPSA) is 69.1 Å². The van der Waals surface area contributed by atoms with Gasteiger partial charge in [0.1, 0.15) is 16.7 Å². The molecule has 5 nitrogen and oxygen atoms in total. The summed E-state index contributed by atoms with van der Waals surface area (Å²) in [6, 6.07) is 3.58. The standard InChI is InChI=1S/C14H16ClN5/c1-14(5-6-14)12-10(8-17-2)19-20(13(12)16)9-3-4-11(15)18-7-9/h3-4,7-8H,5-6,16H2,1-2H3. The highest BCUT2D eigenvalue weighted by molar-refractivity contribution is 6.29. The Bertz CT molecular complexity index is 668. The van der Waals surface area contributed by atoms with Crippen LogP contribution < -0.4 is 5.73 Å². The largest absolute Gasteiger partial charge is 0.383 e. The van der Waals surface area contributed by atoms with Crippen LogP contribution in [0.3, 0.4) is 0 Å². The Kier molecular flexibility index (Phi) is 3.01. The molecule has 1 aliphatic carbocycles. The molecule has 0 unspecified atom stereocenters. The Labute approximate surface area is 122 Å². The summed E-state index contributed by atoms with van der Waals surface area (Å²) in [5.41, 5.74) is 9.15. The van der Waals surface area contributed by atoms with Crippen molar-refractivity contribution in [2.45, 2.75) is 25.2 Å². The van der Waals surface area contributed by atoms with Crippen LogP contribution in [0.4, 0.5) is 5.82 Å². The molecular formula is C14H16ClN5. The Morgan fingerprint density at radius 2 is 2.20 bits per heavy atom. The quantitative estimate of drug-likeness (QED) is 0.697. The first-order chi connectivity index (χ1) is 9.55. The third-order valence-electron chi connectivity index (χ3n) is 3.76. The zero-order valence-electron chi connectivity index (χ0n) is 11.5. The number of rotatable bonds is 3. The normalized spacial score (nSPS) is 16.8. The highest BCUT2D eigenvalue weighted by Gasteiger charge is 2.44. The lowest BCUT2D eigenvalue weighted by atomic mass is 9.98. The van der Waals surface area contributed by atoms with Crippen LogP contribution in [-0.2, 0) is 5.41 Å². The van der Waals surface area contributed by atoms with E-state index in [4.69, 9.17) is 17.3 Å². The molecule has 1 fully saturated rings. The van der Waals surface area contributed by atoms with E-state index in [9.17, 15) is 0 Å². The molecule has 2 heterocycles. The summed E-state index contributed by atoms with van der Waals surface area (Å²) in [7, 11) is 1.73. The summed E-state index contributed by atoms with van der Waals surface area (Å²) in [6.07, 6.45) is 5.69. The SMILES string of the molecule is CN=Cc1nn(-c2ccc(Cl)nc2)c(N)c1C1(C)CC1. The Morgan fingerprint density at radius 1 is 1.45 bits per heavy atom. The molecule has 0 aliphatic heterocycles. The van der Waals surface area contributed by atoms with Crippen LogP contribution in [0.5, 0.6) is 0 Å². The van der Waals surface area contributed by atoms with Crippen molar-refractivity contribution < 1.29 is 0 Å². The minimum Gasteiger partial charge on any atom is -0.383 e. The number of nitrogen functional groups attached to an aromatic ring is 1. The number of hydrogen-bond donors (Lipinski definition) is 1. The third kappa shape index (κ3) is 2.08. The zero-order valence-corrected chi connectivity index (χ0v) is 12.2. The van der Waals surface area contributed by atoms with Gasteiger partial charge >= 0.3 is 0 Å². The molecule has 0 bridgehead atoms. The average molecular weight is 290 g/mol. The van der Waals surface area contributed by atoms with Crippen LogP contribution in [0, 0.1) is 0 Å². The van der Waals surface area contributed by atoms with Crippen LogP contribution in [-0.4, -0.2) is 28.0 Å². The van der Waals surface area contributed by atoms with Crippen molar-refractivity contribution in [2.75, 3.05) is 12.8 Å². The predicted molar refractivity (Wildman–Crippen MR) is 80.9 cm³/mol. The summed E-state index contributed by atoms with van der Waals surface area (Å²) in [4.78, 5) is 8.15. The highest BCUT2D eigenvalue weighted by Crippen LogP contribution is 2.50. The fourth-order valence-electron chi connectivity index (χ4n) is 2.41. The van der Waals surface area contributed by atoms with Crippen LogP contribution in [0.25, 0.3) is 5.69 Å². The molecule has 2 N–H and O–H groups in total. The van der Waals surface area contributed by atoms with Crippen LogP contribution in [0.15, 0.2) is 23.3 Å². The summed E-state index contributed by atoms with van der Waals surface area (Å²) < 4.78 is 1.71. The van der Waals surface area contributed by atoms with E-state index < -0.39 is 0 Å². The van der Waals surface area contributed by atoms with Crippen molar-refractivity contribution in [3.63, 3.8) is 0 Å². The monoisotopic (exact) mass is 289 g/mol. The number of aliphatic imine (C=N–C) groups is 1. The van der Waals surface area contributed by atoms with E-state index >= 15 is 0 Å². The molecule has 0 aromatic carbocycles. The van der Waals surface area contributed by atoms with E-state index in [2.05, 4.69) is 22.0 Å². The first kappa shape index (κ1) is 13.1. The van der Waals surface area contributed by atoms with E-state index in [-0.39, 0.29) is 5.41 Å². The molecule has 0 saturated heterocycles. The van der Waals surface area contributed by atoms with Gasteiger partial charge in [-0.05, 0) is 30.4 Å². The lowest BCUT2D eigenvalue weighted by Gasteiger charge is -2.09. The van der Waals surface area contributed by atoms with E-state index in [1.165, 1.54) is 0 Å². The fraction of sp³-hybridized carbons (Fsp3) is 0.357. The number of pyridine rings is 1. The fourth-order valence-corrected chi connectivity index (χ4v) is 2.52. The smallest absolute Gasteiger partial charge is 0.131 e. The van der Waals surface area contributed by atoms with Gasteiger partial charge in [0.25, 0.3) is 0 Å². The van der Waals surface area contributed by atoms with Gasteiger partial charge < -0.3 is 5.73 Å². The summed E-state index contributed by atoms with van der Waals surface area (Å²) in [5.74, 6) is 0.657. The maximum atomic E-state index is 6.31. The van der Waals surface area contributed by atoms with E-state index in [1.54, 1.807) is 30.2 Å². The van der Waals surface area contributed by atoms with Crippen LogP contribution in [0.1, 0.15) is 31.0 Å². The Hall–Kier alpha value is -1.88. The maximum Gasteiger partial charge on any atom is 0.131 e. The van der Waals surface area contributed by atoms with Gasteiger partial charge in [-0.1, -0.05) is 18.5 Å².